The Morgan fingerprint density at radius 1 is 0.763 bits per heavy atom. The van der Waals surface area contributed by atoms with Gasteiger partial charge in [0.1, 0.15) is 12.4 Å². The predicted molar refractivity (Wildman–Crippen MR) is 138 cm³/mol. The molecule has 4 unspecified atom stereocenters. The van der Waals surface area contributed by atoms with Crippen LogP contribution in [0.2, 0.25) is 0 Å². The maximum absolute atomic E-state index is 13.0. The molecule has 6 rings (SSSR count). The van der Waals surface area contributed by atoms with Gasteiger partial charge in [-0.25, -0.2) is 4.79 Å². The molecule has 2 amide bonds. The minimum Gasteiger partial charge on any atom is -0.489 e. The first-order valence-electron chi connectivity index (χ1n) is 12.6. The van der Waals surface area contributed by atoms with Crippen LogP contribution in [0.1, 0.15) is 32.7 Å². The van der Waals surface area contributed by atoms with Gasteiger partial charge in [0.15, 0.2) is 12.4 Å². The van der Waals surface area contributed by atoms with Gasteiger partial charge in [0.05, 0.1) is 23.1 Å². The van der Waals surface area contributed by atoms with Gasteiger partial charge >= 0.3 is 5.97 Å². The molecule has 3 aromatic rings. The Bertz CT molecular complexity index is 1400. The number of ketones is 1. The monoisotopic (exact) mass is 507 g/mol. The third kappa shape index (κ3) is 4.30. The summed E-state index contributed by atoms with van der Waals surface area (Å²) in [7, 11) is 0. The van der Waals surface area contributed by atoms with Crippen LogP contribution < -0.4 is 9.64 Å². The number of allylic oxidation sites excluding steroid dienone is 2. The summed E-state index contributed by atoms with van der Waals surface area (Å²) in [5, 5.41) is 0. The standard InChI is InChI=1S/C31H25NO6/c33-26(20-10-14-25(15-11-20)37-17-19-4-2-1-3-5-19)18-38-31(36)21-8-12-24(13-9-21)32-29(34)27-22-6-7-23(16-22)28(27)30(32)35/h1-15,22-23,27-28H,16-18H2. The number of esters is 1. The van der Waals surface area contributed by atoms with Crippen molar-refractivity contribution in [1.29, 1.82) is 0 Å². The van der Waals surface area contributed by atoms with Crippen LogP contribution in [0.25, 0.3) is 0 Å². The Morgan fingerprint density at radius 2 is 1.37 bits per heavy atom. The molecule has 7 nitrogen and oxygen atoms in total. The highest BCUT2D eigenvalue weighted by atomic mass is 16.5. The first-order valence-corrected chi connectivity index (χ1v) is 12.6. The van der Waals surface area contributed by atoms with Crippen molar-refractivity contribution in [3.63, 3.8) is 0 Å². The Hall–Kier alpha value is -4.52. The summed E-state index contributed by atoms with van der Waals surface area (Å²) in [4.78, 5) is 52.2. The van der Waals surface area contributed by atoms with Crippen molar-refractivity contribution in [2.75, 3.05) is 11.5 Å². The smallest absolute Gasteiger partial charge is 0.338 e. The van der Waals surface area contributed by atoms with Crippen molar-refractivity contribution in [1.82, 2.24) is 0 Å². The number of amides is 2. The zero-order chi connectivity index (χ0) is 26.2. The lowest BCUT2D eigenvalue weighted by Crippen LogP contribution is -2.32. The van der Waals surface area contributed by atoms with Crippen LogP contribution in [0.15, 0.2) is 91.0 Å². The second kappa shape index (κ2) is 9.74. The Balaban J connectivity index is 1.03. The van der Waals surface area contributed by atoms with Gasteiger partial charge in [-0.1, -0.05) is 42.5 Å². The van der Waals surface area contributed by atoms with Crippen LogP contribution in [-0.2, 0) is 20.9 Å². The number of carbonyl (C=O) groups is 4. The molecule has 0 N–H and O–H groups in total. The Morgan fingerprint density at radius 3 is 2.00 bits per heavy atom. The molecule has 2 bridgehead atoms. The Kier molecular flexibility index (Phi) is 6.12. The van der Waals surface area contributed by atoms with E-state index in [9.17, 15) is 19.2 Å². The normalized spacial score (nSPS) is 23.0. The molecule has 2 aliphatic carbocycles. The van der Waals surface area contributed by atoms with E-state index < -0.39 is 12.6 Å². The van der Waals surface area contributed by atoms with Crippen molar-refractivity contribution in [2.24, 2.45) is 23.7 Å². The van der Waals surface area contributed by atoms with Gasteiger partial charge in [-0.3, -0.25) is 19.3 Å². The first kappa shape index (κ1) is 23.9. The minimum atomic E-state index is -0.661. The molecule has 3 aliphatic rings. The van der Waals surface area contributed by atoms with Crippen molar-refractivity contribution in [3.05, 3.63) is 108 Å². The van der Waals surface area contributed by atoms with Gasteiger partial charge < -0.3 is 9.47 Å². The molecule has 190 valence electrons. The molecule has 4 atom stereocenters. The number of fused-ring (bicyclic) bond motifs is 5. The summed E-state index contributed by atoms with van der Waals surface area (Å²) in [5.74, 6) is -1.00. The number of benzene rings is 3. The van der Waals surface area contributed by atoms with E-state index in [0.717, 1.165) is 12.0 Å². The number of hydrogen-bond acceptors (Lipinski definition) is 6. The third-order valence-corrected chi connectivity index (χ3v) is 7.59. The number of carbonyl (C=O) groups excluding carboxylic acids is 4. The molecule has 2 fully saturated rings. The van der Waals surface area contributed by atoms with Crippen LogP contribution in [-0.4, -0.2) is 30.2 Å². The average molecular weight is 508 g/mol. The minimum absolute atomic E-state index is 0.135. The molecule has 3 aromatic carbocycles. The molecule has 0 spiro atoms. The van der Waals surface area contributed by atoms with Gasteiger partial charge in [0, 0.05) is 5.56 Å². The Labute approximate surface area is 219 Å². The summed E-state index contributed by atoms with van der Waals surface area (Å²) < 4.78 is 10.9. The second-order valence-corrected chi connectivity index (χ2v) is 9.86. The van der Waals surface area contributed by atoms with E-state index in [1.807, 2.05) is 30.3 Å². The molecule has 1 heterocycles. The maximum Gasteiger partial charge on any atom is 0.338 e. The molecule has 0 radical (unpaired) electrons. The lowest BCUT2D eigenvalue weighted by atomic mass is 9.85. The van der Waals surface area contributed by atoms with Gasteiger partial charge in [0.25, 0.3) is 0 Å². The number of ether oxygens (including phenoxy) is 2. The number of imide groups is 1. The summed E-state index contributed by atoms with van der Waals surface area (Å²) in [6.07, 6.45) is 4.97. The van der Waals surface area contributed by atoms with Crippen LogP contribution in [0, 0.1) is 23.7 Å². The van der Waals surface area contributed by atoms with E-state index in [1.54, 1.807) is 36.4 Å². The van der Waals surface area contributed by atoms with Crippen LogP contribution >= 0.6 is 0 Å². The van der Waals surface area contributed by atoms with Crippen molar-refractivity contribution < 1.29 is 28.7 Å². The fourth-order valence-corrected chi connectivity index (χ4v) is 5.68. The number of Topliss-reactive ketones (excluding diaryl/α,β-unsaturated/α-hetero) is 1. The quantitative estimate of drug-likeness (QED) is 0.191. The fourth-order valence-electron chi connectivity index (χ4n) is 5.68. The largest absolute Gasteiger partial charge is 0.489 e. The van der Waals surface area contributed by atoms with Gasteiger partial charge in [-0.05, 0) is 72.4 Å². The number of rotatable bonds is 8. The highest BCUT2D eigenvalue weighted by Gasteiger charge is 2.59. The van der Waals surface area contributed by atoms with E-state index >= 15 is 0 Å². The summed E-state index contributed by atoms with van der Waals surface area (Å²) in [5.41, 5.74) is 2.11. The average Bonchev–Trinajstić information content (AvgIpc) is 3.65. The van der Waals surface area contributed by atoms with Crippen molar-refractivity contribution >= 4 is 29.3 Å². The molecule has 7 heteroatoms. The lowest BCUT2D eigenvalue weighted by Gasteiger charge is -2.17. The molecule has 1 saturated heterocycles. The van der Waals surface area contributed by atoms with Crippen LogP contribution in [0.5, 0.6) is 5.75 Å². The predicted octanol–water partition coefficient (Wildman–Crippen LogP) is 4.62. The molecule has 1 aliphatic heterocycles. The molecule has 38 heavy (non-hydrogen) atoms. The molecular weight excluding hydrogens is 482 g/mol. The van der Waals surface area contributed by atoms with E-state index in [4.69, 9.17) is 9.47 Å². The van der Waals surface area contributed by atoms with Gasteiger partial charge in [-0.2, -0.15) is 0 Å². The van der Waals surface area contributed by atoms with E-state index in [2.05, 4.69) is 12.2 Å². The zero-order valence-corrected chi connectivity index (χ0v) is 20.5. The van der Waals surface area contributed by atoms with E-state index in [0.29, 0.717) is 23.6 Å². The topological polar surface area (TPSA) is 90.0 Å². The third-order valence-electron chi connectivity index (χ3n) is 7.59. The number of nitrogens with zero attached hydrogens (tertiary/aromatic N) is 1. The number of hydrogen-bond donors (Lipinski definition) is 0. The highest BCUT2D eigenvalue weighted by molar-refractivity contribution is 6.22. The number of anilines is 1. The lowest BCUT2D eigenvalue weighted by molar-refractivity contribution is -0.123. The second-order valence-electron chi connectivity index (χ2n) is 9.86. The molecular formula is C31H25NO6. The fraction of sp³-hybridized carbons (Fsp3) is 0.226. The summed E-state index contributed by atoms with van der Waals surface area (Å²) in [6.45, 7) is 0.0110. The zero-order valence-electron chi connectivity index (χ0n) is 20.5. The van der Waals surface area contributed by atoms with E-state index in [1.165, 1.54) is 17.0 Å². The van der Waals surface area contributed by atoms with Crippen LogP contribution in [0.4, 0.5) is 5.69 Å². The van der Waals surface area contributed by atoms with Gasteiger partial charge in [0.2, 0.25) is 11.8 Å². The summed E-state index contributed by atoms with van der Waals surface area (Å²) in [6, 6.07) is 22.6. The first-order chi connectivity index (χ1) is 18.5. The molecule has 1 saturated carbocycles. The maximum atomic E-state index is 13.0. The SMILES string of the molecule is O=C(COC(=O)c1ccc(N2C(=O)C3C4C=CC(C4)C3C2=O)cc1)c1ccc(OCc2ccccc2)cc1. The van der Waals surface area contributed by atoms with Crippen molar-refractivity contribution in [2.45, 2.75) is 13.0 Å². The van der Waals surface area contributed by atoms with Crippen molar-refractivity contribution in [3.8, 4) is 5.75 Å². The molecule has 0 aromatic heterocycles. The highest BCUT2D eigenvalue weighted by Crippen LogP contribution is 2.53. The summed E-state index contributed by atoms with van der Waals surface area (Å²) >= 11 is 0. The van der Waals surface area contributed by atoms with E-state index in [-0.39, 0.29) is 46.8 Å². The van der Waals surface area contributed by atoms with Gasteiger partial charge in [-0.15, -0.1) is 0 Å². The van der Waals surface area contributed by atoms with Crippen LogP contribution in [0.3, 0.4) is 0 Å².